The molecule has 2 aromatic rings. The normalized spacial score (nSPS) is 20.8. The first kappa shape index (κ1) is 17.5. The molecule has 1 fully saturated rings. The molecule has 0 aromatic heterocycles. The second-order valence-electron chi connectivity index (χ2n) is 6.47. The first-order valence-electron chi connectivity index (χ1n) is 8.55. The van der Waals surface area contributed by atoms with Gasteiger partial charge in [0.25, 0.3) is 5.91 Å². The van der Waals surface area contributed by atoms with Crippen molar-refractivity contribution in [1.29, 1.82) is 0 Å². The Kier molecular flexibility index (Phi) is 5.36. The highest BCUT2D eigenvalue weighted by Crippen LogP contribution is 2.25. The number of carbonyl (C=O) groups is 1. The molecule has 132 valence electrons. The summed E-state index contributed by atoms with van der Waals surface area (Å²) in [6.07, 6.45) is 1.56. The molecule has 0 aliphatic carbocycles. The number of carbonyl (C=O) groups excluding carboxylic acids is 1. The molecule has 25 heavy (non-hydrogen) atoms. The number of hydrogen-bond donors (Lipinski definition) is 2. The Balaban J connectivity index is 1.71. The van der Waals surface area contributed by atoms with Crippen LogP contribution in [0.25, 0.3) is 0 Å². The molecule has 5 nitrogen and oxygen atoms in total. The summed E-state index contributed by atoms with van der Waals surface area (Å²) in [4.78, 5) is 14.5. The third-order valence-corrected chi connectivity index (χ3v) is 4.56. The van der Waals surface area contributed by atoms with E-state index in [1.165, 1.54) is 0 Å². The average molecular weight is 341 g/mol. The minimum atomic E-state index is -1.08. The SMILES string of the molecule is O=C(c1cccc(Oc2ccccc2)c1)N1CCC[C@@](O)(CO)CC1. The summed E-state index contributed by atoms with van der Waals surface area (Å²) in [6, 6.07) is 16.5. The number of likely N-dealkylation sites (tertiary alicyclic amines) is 1. The Morgan fingerprint density at radius 1 is 1.04 bits per heavy atom. The van der Waals surface area contributed by atoms with Crippen LogP contribution in [0, 0.1) is 0 Å². The Labute approximate surface area is 147 Å². The Hall–Kier alpha value is -2.37. The number of nitrogens with zero attached hydrogens (tertiary/aromatic N) is 1. The van der Waals surface area contributed by atoms with Crippen molar-refractivity contribution in [3.8, 4) is 11.5 Å². The highest BCUT2D eigenvalue weighted by Gasteiger charge is 2.31. The molecular formula is C20H23NO4. The van der Waals surface area contributed by atoms with Crippen molar-refractivity contribution in [1.82, 2.24) is 4.90 Å². The van der Waals surface area contributed by atoms with Crippen LogP contribution in [-0.4, -0.2) is 46.3 Å². The number of para-hydroxylation sites is 1. The minimum Gasteiger partial charge on any atom is -0.457 e. The molecule has 0 unspecified atom stereocenters. The largest absolute Gasteiger partial charge is 0.457 e. The minimum absolute atomic E-state index is 0.0827. The lowest BCUT2D eigenvalue weighted by Crippen LogP contribution is -2.36. The predicted octanol–water partition coefficient (Wildman–Crippen LogP) is 2.83. The standard InChI is InChI=1S/C20H23NO4/c22-15-20(24)10-5-12-21(13-11-20)19(23)16-6-4-9-18(14-16)25-17-7-2-1-3-8-17/h1-4,6-9,14,22,24H,5,10-13,15H2/t20-/m0/s1. The van der Waals surface area contributed by atoms with E-state index in [9.17, 15) is 15.0 Å². The van der Waals surface area contributed by atoms with Crippen LogP contribution in [0.15, 0.2) is 54.6 Å². The monoisotopic (exact) mass is 341 g/mol. The molecule has 1 aliphatic heterocycles. The van der Waals surface area contributed by atoms with Gasteiger partial charge in [0.05, 0.1) is 12.2 Å². The zero-order valence-corrected chi connectivity index (χ0v) is 14.1. The number of aliphatic hydroxyl groups is 2. The second kappa shape index (κ2) is 7.68. The van der Waals surface area contributed by atoms with Gasteiger partial charge in [0.2, 0.25) is 0 Å². The summed E-state index contributed by atoms with van der Waals surface area (Å²) in [7, 11) is 0. The summed E-state index contributed by atoms with van der Waals surface area (Å²) in [5.74, 6) is 1.24. The molecule has 0 saturated carbocycles. The van der Waals surface area contributed by atoms with Crippen molar-refractivity contribution >= 4 is 5.91 Å². The molecule has 2 N–H and O–H groups in total. The fourth-order valence-corrected chi connectivity index (χ4v) is 3.04. The summed E-state index contributed by atoms with van der Waals surface area (Å²) in [5, 5.41) is 19.6. The van der Waals surface area contributed by atoms with E-state index in [1.54, 1.807) is 23.1 Å². The fraction of sp³-hybridized carbons (Fsp3) is 0.350. The summed E-state index contributed by atoms with van der Waals surface area (Å²) in [5.41, 5.74) is -0.518. The van der Waals surface area contributed by atoms with E-state index in [0.717, 1.165) is 5.75 Å². The maximum Gasteiger partial charge on any atom is 0.253 e. The van der Waals surface area contributed by atoms with Gasteiger partial charge in [0, 0.05) is 18.7 Å². The first-order valence-corrected chi connectivity index (χ1v) is 8.55. The van der Waals surface area contributed by atoms with E-state index in [0.29, 0.717) is 43.7 Å². The van der Waals surface area contributed by atoms with E-state index < -0.39 is 5.60 Å². The van der Waals surface area contributed by atoms with E-state index in [2.05, 4.69) is 0 Å². The van der Waals surface area contributed by atoms with Crippen LogP contribution in [-0.2, 0) is 0 Å². The molecule has 1 saturated heterocycles. The van der Waals surface area contributed by atoms with Gasteiger partial charge in [-0.3, -0.25) is 4.79 Å². The van der Waals surface area contributed by atoms with Crippen molar-refractivity contribution in [3.63, 3.8) is 0 Å². The van der Waals surface area contributed by atoms with Crippen LogP contribution >= 0.6 is 0 Å². The van der Waals surface area contributed by atoms with Crippen LogP contribution < -0.4 is 4.74 Å². The van der Waals surface area contributed by atoms with Gasteiger partial charge >= 0.3 is 0 Å². The Morgan fingerprint density at radius 2 is 1.80 bits per heavy atom. The molecule has 5 heteroatoms. The van der Waals surface area contributed by atoms with Crippen molar-refractivity contribution in [2.24, 2.45) is 0 Å². The number of benzene rings is 2. The quantitative estimate of drug-likeness (QED) is 0.897. The number of rotatable bonds is 4. The molecule has 0 radical (unpaired) electrons. The Bertz CT molecular complexity index is 719. The predicted molar refractivity (Wildman–Crippen MR) is 94.7 cm³/mol. The number of amides is 1. The molecule has 2 aromatic carbocycles. The zero-order valence-electron chi connectivity index (χ0n) is 14.1. The fourth-order valence-electron chi connectivity index (χ4n) is 3.04. The summed E-state index contributed by atoms with van der Waals surface area (Å²) < 4.78 is 5.79. The van der Waals surface area contributed by atoms with Crippen LogP contribution in [0.1, 0.15) is 29.6 Å². The summed E-state index contributed by atoms with van der Waals surface area (Å²) >= 11 is 0. The molecule has 1 heterocycles. The molecule has 3 rings (SSSR count). The molecule has 0 spiro atoms. The smallest absolute Gasteiger partial charge is 0.253 e. The lowest BCUT2D eigenvalue weighted by Gasteiger charge is -2.24. The maximum atomic E-state index is 12.8. The summed E-state index contributed by atoms with van der Waals surface area (Å²) in [6.45, 7) is 0.736. The van der Waals surface area contributed by atoms with Gasteiger partial charge in [-0.05, 0) is 49.6 Å². The number of ether oxygens (including phenoxy) is 1. The lowest BCUT2D eigenvalue weighted by atomic mass is 9.96. The van der Waals surface area contributed by atoms with Gasteiger partial charge in [-0.25, -0.2) is 0 Å². The molecule has 1 atom stereocenters. The van der Waals surface area contributed by atoms with Crippen molar-refractivity contribution in [2.75, 3.05) is 19.7 Å². The van der Waals surface area contributed by atoms with Gasteiger partial charge in [-0.15, -0.1) is 0 Å². The van der Waals surface area contributed by atoms with Gasteiger partial charge in [0.15, 0.2) is 0 Å². The topological polar surface area (TPSA) is 70.0 Å². The van der Waals surface area contributed by atoms with Gasteiger partial charge in [-0.2, -0.15) is 0 Å². The molecule has 1 amide bonds. The Morgan fingerprint density at radius 3 is 2.56 bits per heavy atom. The van der Waals surface area contributed by atoms with Crippen LogP contribution in [0.3, 0.4) is 0 Å². The van der Waals surface area contributed by atoms with E-state index >= 15 is 0 Å². The maximum absolute atomic E-state index is 12.8. The van der Waals surface area contributed by atoms with E-state index in [4.69, 9.17) is 4.74 Å². The van der Waals surface area contributed by atoms with E-state index in [-0.39, 0.29) is 12.5 Å². The highest BCUT2D eigenvalue weighted by molar-refractivity contribution is 5.94. The molecular weight excluding hydrogens is 318 g/mol. The van der Waals surface area contributed by atoms with Crippen molar-refractivity contribution < 1.29 is 19.7 Å². The zero-order chi connectivity index (χ0) is 17.7. The van der Waals surface area contributed by atoms with Crippen molar-refractivity contribution in [3.05, 3.63) is 60.2 Å². The van der Waals surface area contributed by atoms with Crippen LogP contribution in [0.5, 0.6) is 11.5 Å². The van der Waals surface area contributed by atoms with Gasteiger partial charge in [-0.1, -0.05) is 24.3 Å². The average Bonchev–Trinajstić information content (AvgIpc) is 2.85. The molecule has 0 bridgehead atoms. The van der Waals surface area contributed by atoms with Crippen LogP contribution in [0.4, 0.5) is 0 Å². The second-order valence-corrected chi connectivity index (χ2v) is 6.47. The first-order chi connectivity index (χ1) is 12.1. The lowest BCUT2D eigenvalue weighted by molar-refractivity contribution is -0.0250. The van der Waals surface area contributed by atoms with Gasteiger partial charge in [0.1, 0.15) is 11.5 Å². The highest BCUT2D eigenvalue weighted by atomic mass is 16.5. The van der Waals surface area contributed by atoms with Crippen LogP contribution in [0.2, 0.25) is 0 Å². The number of aliphatic hydroxyl groups excluding tert-OH is 1. The third-order valence-electron chi connectivity index (χ3n) is 4.56. The number of hydrogen-bond acceptors (Lipinski definition) is 4. The molecule has 1 aliphatic rings. The van der Waals surface area contributed by atoms with Gasteiger partial charge < -0.3 is 19.8 Å². The van der Waals surface area contributed by atoms with Crippen molar-refractivity contribution in [2.45, 2.75) is 24.9 Å². The van der Waals surface area contributed by atoms with E-state index in [1.807, 2.05) is 36.4 Å². The third kappa shape index (κ3) is 4.38.